The normalized spacial score (nSPS) is 20.4. The molecule has 0 bridgehead atoms. The number of hydrogen-bond acceptors (Lipinski definition) is 7. The summed E-state index contributed by atoms with van der Waals surface area (Å²) < 4.78 is 25.4. The van der Waals surface area contributed by atoms with E-state index in [0.29, 0.717) is 36.0 Å². The molecule has 0 spiro atoms. The third-order valence-electron chi connectivity index (χ3n) is 4.49. The number of hydrogen-bond donors (Lipinski definition) is 0. The van der Waals surface area contributed by atoms with Crippen LogP contribution in [-0.4, -0.2) is 46.6 Å². The molecule has 0 aromatic carbocycles. The highest BCUT2D eigenvalue weighted by Crippen LogP contribution is 2.34. The fourth-order valence-electron chi connectivity index (χ4n) is 2.91. The topological polar surface area (TPSA) is 84.6 Å². The van der Waals surface area contributed by atoms with Crippen LogP contribution in [0.5, 0.6) is 0 Å². The van der Waals surface area contributed by atoms with Gasteiger partial charge in [0.1, 0.15) is 0 Å². The molecule has 120 valence electrons. The van der Waals surface area contributed by atoms with Crippen molar-refractivity contribution in [2.75, 3.05) is 23.7 Å². The minimum absolute atomic E-state index is 0.118. The summed E-state index contributed by atoms with van der Waals surface area (Å²) >= 11 is 1.31. The van der Waals surface area contributed by atoms with Crippen molar-refractivity contribution >= 4 is 31.3 Å². The second-order valence-corrected chi connectivity index (χ2v) is 8.93. The van der Waals surface area contributed by atoms with Crippen LogP contribution in [-0.2, 0) is 9.84 Å². The molecule has 7 nitrogen and oxygen atoms in total. The van der Waals surface area contributed by atoms with Crippen molar-refractivity contribution in [2.45, 2.75) is 31.4 Å². The van der Waals surface area contributed by atoms with Gasteiger partial charge >= 0.3 is 0 Å². The molecule has 0 amide bonds. The summed E-state index contributed by atoms with van der Waals surface area (Å²) in [5.41, 5.74) is -0.227. The molecular formula is C13H18N4O3S2. The molecule has 9 heteroatoms. The largest absolute Gasteiger partial charge is 0.344 e. The zero-order valence-corrected chi connectivity index (χ0v) is 14.2. The van der Waals surface area contributed by atoms with E-state index in [9.17, 15) is 13.2 Å². The molecule has 0 unspecified atom stereocenters. The predicted molar refractivity (Wildman–Crippen MR) is 86.4 cm³/mol. The SMILES string of the molecule is CCC1(CC)CN(c2nn3c(=O)ccnc3s2)CCS1(=O)=O. The van der Waals surface area contributed by atoms with Gasteiger partial charge in [-0.3, -0.25) is 4.79 Å². The van der Waals surface area contributed by atoms with Crippen LogP contribution in [0.2, 0.25) is 0 Å². The summed E-state index contributed by atoms with van der Waals surface area (Å²) in [5, 5.41) is 4.96. The van der Waals surface area contributed by atoms with Crippen molar-refractivity contribution in [1.29, 1.82) is 0 Å². The van der Waals surface area contributed by atoms with Gasteiger partial charge in [-0.2, -0.15) is 4.52 Å². The molecule has 2 aromatic rings. The predicted octanol–water partition coefficient (Wildman–Crippen LogP) is 0.945. The Hall–Kier alpha value is -1.48. The van der Waals surface area contributed by atoms with Gasteiger partial charge in [0.15, 0.2) is 9.84 Å². The average Bonchev–Trinajstić information content (AvgIpc) is 2.93. The molecule has 0 atom stereocenters. The molecule has 0 saturated carbocycles. The van der Waals surface area contributed by atoms with Crippen molar-refractivity contribution in [2.24, 2.45) is 0 Å². The van der Waals surface area contributed by atoms with Gasteiger partial charge in [0.2, 0.25) is 10.1 Å². The quantitative estimate of drug-likeness (QED) is 0.825. The zero-order valence-electron chi connectivity index (χ0n) is 12.5. The maximum atomic E-state index is 12.5. The Morgan fingerprint density at radius 3 is 2.73 bits per heavy atom. The van der Waals surface area contributed by atoms with Crippen molar-refractivity contribution in [3.8, 4) is 0 Å². The number of aromatic nitrogens is 3. The van der Waals surface area contributed by atoms with Gasteiger partial charge in [0, 0.05) is 25.4 Å². The Balaban J connectivity index is 2.01. The van der Waals surface area contributed by atoms with Crippen molar-refractivity contribution < 1.29 is 8.42 Å². The Bertz CT molecular complexity index is 852. The molecule has 0 N–H and O–H groups in total. The summed E-state index contributed by atoms with van der Waals surface area (Å²) in [6, 6.07) is 1.36. The third-order valence-corrected chi connectivity index (χ3v) is 8.22. The summed E-state index contributed by atoms with van der Waals surface area (Å²) in [7, 11) is -3.11. The van der Waals surface area contributed by atoms with Gasteiger partial charge in [-0.15, -0.1) is 5.10 Å². The van der Waals surface area contributed by atoms with E-state index in [1.165, 1.54) is 28.1 Å². The maximum absolute atomic E-state index is 12.5. The van der Waals surface area contributed by atoms with Crippen LogP contribution < -0.4 is 10.5 Å². The van der Waals surface area contributed by atoms with Crippen LogP contribution in [0, 0.1) is 0 Å². The maximum Gasteiger partial charge on any atom is 0.275 e. The van der Waals surface area contributed by atoms with E-state index < -0.39 is 14.6 Å². The van der Waals surface area contributed by atoms with Gasteiger partial charge in [0.05, 0.1) is 10.5 Å². The van der Waals surface area contributed by atoms with Gasteiger partial charge in [-0.05, 0) is 12.8 Å². The van der Waals surface area contributed by atoms with E-state index in [2.05, 4.69) is 10.1 Å². The lowest BCUT2D eigenvalue weighted by Gasteiger charge is -2.41. The molecule has 3 heterocycles. The van der Waals surface area contributed by atoms with E-state index in [1.54, 1.807) is 0 Å². The summed E-state index contributed by atoms with van der Waals surface area (Å²) in [4.78, 5) is 18.4. The lowest BCUT2D eigenvalue weighted by Crippen LogP contribution is -2.55. The average molecular weight is 342 g/mol. The number of sulfone groups is 1. The van der Waals surface area contributed by atoms with E-state index in [-0.39, 0.29) is 11.3 Å². The first kappa shape index (κ1) is 15.4. The van der Waals surface area contributed by atoms with Crippen molar-refractivity contribution in [1.82, 2.24) is 14.6 Å². The number of nitrogens with zero attached hydrogens (tertiary/aromatic N) is 4. The van der Waals surface area contributed by atoms with E-state index in [1.807, 2.05) is 18.7 Å². The minimum atomic E-state index is -3.11. The first-order chi connectivity index (χ1) is 10.4. The molecule has 2 aromatic heterocycles. The highest BCUT2D eigenvalue weighted by Gasteiger charge is 2.45. The second-order valence-electron chi connectivity index (χ2n) is 5.49. The van der Waals surface area contributed by atoms with Crippen LogP contribution in [0.25, 0.3) is 4.96 Å². The van der Waals surface area contributed by atoms with E-state index in [0.717, 1.165) is 0 Å². The van der Waals surface area contributed by atoms with Gasteiger partial charge < -0.3 is 4.90 Å². The lowest BCUT2D eigenvalue weighted by atomic mass is 10.0. The molecule has 1 saturated heterocycles. The number of rotatable bonds is 3. The van der Waals surface area contributed by atoms with E-state index >= 15 is 0 Å². The first-order valence-corrected chi connectivity index (χ1v) is 9.71. The monoisotopic (exact) mass is 342 g/mol. The molecule has 0 aliphatic carbocycles. The van der Waals surface area contributed by atoms with Gasteiger partial charge in [0.25, 0.3) is 5.56 Å². The molecule has 1 aliphatic heterocycles. The summed E-state index contributed by atoms with van der Waals surface area (Å²) in [6.45, 7) is 4.64. The Labute approximate surface area is 132 Å². The Morgan fingerprint density at radius 1 is 1.36 bits per heavy atom. The van der Waals surface area contributed by atoms with Crippen molar-refractivity contribution in [3.63, 3.8) is 0 Å². The molecule has 1 fully saturated rings. The summed E-state index contributed by atoms with van der Waals surface area (Å²) in [6.07, 6.45) is 2.61. The van der Waals surface area contributed by atoms with Crippen LogP contribution in [0.4, 0.5) is 5.13 Å². The standard InChI is InChI=1S/C13H18N4O3S2/c1-3-13(4-2)9-16(7-8-22(13,19)20)12-15-17-10(18)5-6-14-11(17)21-12/h5-6H,3-4,7-9H2,1-2H3. The van der Waals surface area contributed by atoms with Gasteiger partial charge in [-0.25, -0.2) is 13.4 Å². The van der Waals surface area contributed by atoms with Gasteiger partial charge in [-0.1, -0.05) is 25.2 Å². The highest BCUT2D eigenvalue weighted by atomic mass is 32.2. The first-order valence-electron chi connectivity index (χ1n) is 7.24. The molecular weight excluding hydrogens is 324 g/mol. The fraction of sp³-hybridized carbons (Fsp3) is 0.615. The lowest BCUT2D eigenvalue weighted by molar-refractivity contribution is 0.458. The van der Waals surface area contributed by atoms with Crippen LogP contribution in [0.15, 0.2) is 17.1 Å². The molecule has 0 radical (unpaired) electrons. The Morgan fingerprint density at radius 2 is 2.09 bits per heavy atom. The smallest absolute Gasteiger partial charge is 0.275 e. The van der Waals surface area contributed by atoms with Crippen LogP contribution in [0.1, 0.15) is 26.7 Å². The minimum Gasteiger partial charge on any atom is -0.344 e. The van der Waals surface area contributed by atoms with Crippen molar-refractivity contribution in [3.05, 3.63) is 22.6 Å². The third kappa shape index (κ3) is 2.23. The molecule has 3 rings (SSSR count). The van der Waals surface area contributed by atoms with Crippen LogP contribution >= 0.6 is 11.3 Å². The van der Waals surface area contributed by atoms with E-state index in [4.69, 9.17) is 0 Å². The molecule has 22 heavy (non-hydrogen) atoms. The molecule has 1 aliphatic rings. The number of fused-ring (bicyclic) bond motifs is 1. The fourth-order valence-corrected chi connectivity index (χ4v) is 5.94. The van der Waals surface area contributed by atoms with Crippen LogP contribution in [0.3, 0.4) is 0 Å². The second kappa shape index (κ2) is 5.31. The number of anilines is 1. The highest BCUT2D eigenvalue weighted by molar-refractivity contribution is 7.92. The zero-order chi connectivity index (χ0) is 16.0. The Kier molecular flexibility index (Phi) is 3.72. The summed E-state index contributed by atoms with van der Waals surface area (Å²) in [5.74, 6) is 0.118.